The molecule has 108 valence electrons. The molecule has 1 N–H and O–H groups in total. The van der Waals surface area contributed by atoms with E-state index in [0.717, 1.165) is 25.7 Å². The maximum absolute atomic E-state index is 10.9. The highest BCUT2D eigenvalue weighted by Crippen LogP contribution is 2.28. The molecule has 20 heavy (non-hydrogen) atoms. The molecule has 1 atom stereocenters. The molecule has 1 aliphatic carbocycles. The van der Waals surface area contributed by atoms with Crippen molar-refractivity contribution in [2.75, 3.05) is 31.6 Å². The second kappa shape index (κ2) is 5.76. The molecule has 1 aliphatic heterocycles. The van der Waals surface area contributed by atoms with Gasteiger partial charge in [0, 0.05) is 31.7 Å². The van der Waals surface area contributed by atoms with Gasteiger partial charge in [0.05, 0.1) is 17.6 Å². The van der Waals surface area contributed by atoms with Crippen molar-refractivity contribution >= 4 is 11.4 Å². The van der Waals surface area contributed by atoms with Gasteiger partial charge in [0.15, 0.2) is 0 Å². The third-order valence-electron chi connectivity index (χ3n) is 3.85. The quantitative estimate of drug-likeness (QED) is 0.657. The van der Waals surface area contributed by atoms with Crippen molar-refractivity contribution in [3.8, 4) is 0 Å². The lowest BCUT2D eigenvalue weighted by molar-refractivity contribution is -0.384. The molecule has 0 spiro atoms. The minimum Gasteiger partial charge on any atom is -0.377 e. The van der Waals surface area contributed by atoms with Gasteiger partial charge in [-0.05, 0) is 18.9 Å². The molecule has 1 saturated heterocycles. The van der Waals surface area contributed by atoms with Crippen molar-refractivity contribution in [3.63, 3.8) is 0 Å². The minimum atomic E-state index is -0.361. The van der Waals surface area contributed by atoms with Crippen molar-refractivity contribution in [2.45, 2.75) is 25.0 Å². The summed E-state index contributed by atoms with van der Waals surface area (Å²) in [6, 6.07) is 7.47. The Morgan fingerprint density at radius 1 is 1.40 bits per heavy atom. The highest BCUT2D eigenvalue weighted by Gasteiger charge is 2.32. The first-order valence-corrected chi connectivity index (χ1v) is 7.07. The first-order chi connectivity index (χ1) is 9.74. The number of para-hydroxylation sites is 2. The topological polar surface area (TPSA) is 67.6 Å². The molecule has 0 bridgehead atoms. The summed E-state index contributed by atoms with van der Waals surface area (Å²) in [5.41, 5.74) is 0.673. The van der Waals surface area contributed by atoms with Gasteiger partial charge in [-0.3, -0.25) is 15.0 Å². The van der Waals surface area contributed by atoms with Crippen LogP contribution in [0, 0.1) is 10.1 Å². The van der Waals surface area contributed by atoms with Crippen LogP contribution in [0.2, 0.25) is 0 Å². The fraction of sp³-hybridized carbons (Fsp3) is 0.571. The van der Waals surface area contributed by atoms with Crippen LogP contribution in [0.4, 0.5) is 11.4 Å². The average Bonchev–Trinajstić information content (AvgIpc) is 3.30. The maximum atomic E-state index is 10.9. The number of anilines is 1. The van der Waals surface area contributed by atoms with Crippen molar-refractivity contribution < 1.29 is 9.66 Å². The SMILES string of the molecule is O=[N+]([O-])c1ccccc1NCC1CN(C2CC2)CCO1. The van der Waals surface area contributed by atoms with Gasteiger partial charge in [0.25, 0.3) is 5.69 Å². The van der Waals surface area contributed by atoms with Crippen LogP contribution in [0.15, 0.2) is 24.3 Å². The van der Waals surface area contributed by atoms with Crippen LogP contribution in [0.1, 0.15) is 12.8 Å². The largest absolute Gasteiger partial charge is 0.377 e. The van der Waals surface area contributed by atoms with Gasteiger partial charge >= 0.3 is 0 Å². The molecule has 1 saturated carbocycles. The Balaban J connectivity index is 1.57. The Morgan fingerprint density at radius 2 is 2.20 bits per heavy atom. The second-order valence-electron chi connectivity index (χ2n) is 5.37. The van der Waals surface area contributed by atoms with E-state index in [-0.39, 0.29) is 16.7 Å². The molecular formula is C14H19N3O3. The number of nitrogens with zero attached hydrogens (tertiary/aromatic N) is 2. The molecule has 3 rings (SSSR count). The van der Waals surface area contributed by atoms with Gasteiger partial charge in [-0.1, -0.05) is 12.1 Å². The van der Waals surface area contributed by atoms with E-state index in [2.05, 4.69) is 10.2 Å². The highest BCUT2D eigenvalue weighted by atomic mass is 16.6. The zero-order valence-corrected chi connectivity index (χ0v) is 11.3. The van der Waals surface area contributed by atoms with Crippen LogP contribution in [0.5, 0.6) is 0 Å². The maximum Gasteiger partial charge on any atom is 0.292 e. The summed E-state index contributed by atoms with van der Waals surface area (Å²) in [6.45, 7) is 3.28. The monoisotopic (exact) mass is 277 g/mol. The number of benzene rings is 1. The van der Waals surface area contributed by atoms with Crippen molar-refractivity contribution in [3.05, 3.63) is 34.4 Å². The van der Waals surface area contributed by atoms with Crippen LogP contribution < -0.4 is 5.32 Å². The van der Waals surface area contributed by atoms with Crippen LogP contribution in [-0.4, -0.2) is 48.2 Å². The van der Waals surface area contributed by atoms with E-state index >= 15 is 0 Å². The fourth-order valence-electron chi connectivity index (χ4n) is 2.64. The lowest BCUT2D eigenvalue weighted by Gasteiger charge is -2.33. The van der Waals surface area contributed by atoms with Gasteiger partial charge in [-0.2, -0.15) is 0 Å². The van der Waals surface area contributed by atoms with Crippen LogP contribution >= 0.6 is 0 Å². The molecule has 1 aromatic rings. The predicted molar refractivity (Wildman–Crippen MR) is 75.9 cm³/mol. The van der Waals surface area contributed by atoms with E-state index in [0.29, 0.717) is 12.2 Å². The molecule has 2 aliphatic rings. The van der Waals surface area contributed by atoms with Gasteiger partial charge < -0.3 is 10.1 Å². The van der Waals surface area contributed by atoms with Crippen molar-refractivity contribution in [2.24, 2.45) is 0 Å². The third kappa shape index (κ3) is 3.08. The van der Waals surface area contributed by atoms with E-state index < -0.39 is 0 Å². The summed E-state index contributed by atoms with van der Waals surface area (Å²) >= 11 is 0. The number of morpholine rings is 1. The molecule has 6 heteroatoms. The number of nitrogens with one attached hydrogen (secondary N) is 1. The molecule has 2 fully saturated rings. The molecule has 0 radical (unpaired) electrons. The van der Waals surface area contributed by atoms with Crippen LogP contribution in [0.3, 0.4) is 0 Å². The summed E-state index contributed by atoms with van der Waals surface area (Å²) in [4.78, 5) is 13.1. The average molecular weight is 277 g/mol. The standard InChI is InChI=1S/C14H19N3O3/c18-17(19)14-4-2-1-3-13(14)15-9-12-10-16(7-8-20-12)11-5-6-11/h1-4,11-12,15H,5-10H2. The molecule has 0 aromatic heterocycles. The Bertz CT molecular complexity index is 490. The summed E-state index contributed by atoms with van der Waals surface area (Å²) in [5, 5.41) is 14.1. The Labute approximate surface area is 117 Å². The van der Waals surface area contributed by atoms with E-state index in [1.165, 1.54) is 18.9 Å². The fourth-order valence-corrected chi connectivity index (χ4v) is 2.64. The van der Waals surface area contributed by atoms with E-state index in [1.54, 1.807) is 18.2 Å². The summed E-state index contributed by atoms with van der Waals surface area (Å²) in [7, 11) is 0. The predicted octanol–water partition coefficient (Wildman–Crippen LogP) is 1.87. The lowest BCUT2D eigenvalue weighted by Crippen LogP contribution is -2.46. The smallest absolute Gasteiger partial charge is 0.292 e. The summed E-state index contributed by atoms with van der Waals surface area (Å²) in [5.74, 6) is 0. The zero-order chi connectivity index (χ0) is 13.9. The summed E-state index contributed by atoms with van der Waals surface area (Å²) in [6.07, 6.45) is 2.69. The number of hydrogen-bond donors (Lipinski definition) is 1. The minimum absolute atomic E-state index is 0.101. The molecule has 6 nitrogen and oxygen atoms in total. The van der Waals surface area contributed by atoms with Crippen LogP contribution in [-0.2, 0) is 4.74 Å². The Kier molecular flexibility index (Phi) is 3.84. The highest BCUT2D eigenvalue weighted by molar-refractivity contribution is 5.61. The first-order valence-electron chi connectivity index (χ1n) is 7.07. The van der Waals surface area contributed by atoms with Gasteiger partial charge in [-0.25, -0.2) is 0 Å². The van der Waals surface area contributed by atoms with E-state index in [1.807, 2.05) is 0 Å². The Morgan fingerprint density at radius 3 is 2.95 bits per heavy atom. The Hall–Kier alpha value is -1.66. The normalized spacial score (nSPS) is 23.5. The number of nitro benzene ring substituents is 1. The van der Waals surface area contributed by atoms with Crippen molar-refractivity contribution in [1.82, 2.24) is 4.90 Å². The van der Waals surface area contributed by atoms with E-state index in [4.69, 9.17) is 4.74 Å². The van der Waals surface area contributed by atoms with Gasteiger partial charge in [0.1, 0.15) is 5.69 Å². The molecule has 1 heterocycles. The number of rotatable bonds is 5. The lowest BCUT2D eigenvalue weighted by atomic mass is 10.2. The van der Waals surface area contributed by atoms with E-state index in [9.17, 15) is 10.1 Å². The number of ether oxygens (including phenoxy) is 1. The van der Waals surface area contributed by atoms with Gasteiger partial charge in [0.2, 0.25) is 0 Å². The molecule has 1 aromatic carbocycles. The van der Waals surface area contributed by atoms with Gasteiger partial charge in [-0.15, -0.1) is 0 Å². The summed E-state index contributed by atoms with van der Waals surface area (Å²) < 4.78 is 5.73. The first kappa shape index (κ1) is 13.3. The zero-order valence-electron chi connectivity index (χ0n) is 11.3. The third-order valence-corrected chi connectivity index (χ3v) is 3.85. The molecular weight excluding hydrogens is 258 g/mol. The second-order valence-corrected chi connectivity index (χ2v) is 5.37. The molecule has 0 amide bonds. The number of nitro groups is 1. The number of hydrogen-bond acceptors (Lipinski definition) is 5. The molecule has 1 unspecified atom stereocenters. The van der Waals surface area contributed by atoms with Crippen molar-refractivity contribution in [1.29, 1.82) is 0 Å². The van der Waals surface area contributed by atoms with Crippen LogP contribution in [0.25, 0.3) is 0 Å².